The fourth-order valence-electron chi connectivity index (χ4n) is 1.51. The molecular formula is C11H20BrN3O. The normalized spacial score (nSPS) is 13.4. The highest BCUT2D eigenvalue weighted by atomic mass is 79.9. The lowest BCUT2D eigenvalue weighted by molar-refractivity contribution is 0.184. The van der Waals surface area contributed by atoms with E-state index in [1.54, 1.807) is 7.11 Å². The number of alkyl halides is 1. The van der Waals surface area contributed by atoms with E-state index in [9.17, 15) is 0 Å². The molecule has 0 aliphatic carbocycles. The highest BCUT2D eigenvalue weighted by Gasteiger charge is 2.19. The van der Waals surface area contributed by atoms with Gasteiger partial charge in [0, 0.05) is 19.6 Å². The molecule has 1 aromatic heterocycles. The summed E-state index contributed by atoms with van der Waals surface area (Å²) in [7, 11) is 1.71. The lowest BCUT2D eigenvalue weighted by Gasteiger charge is -2.16. The molecule has 0 aliphatic heterocycles. The van der Waals surface area contributed by atoms with E-state index in [0.717, 1.165) is 23.5 Å². The molecule has 1 aromatic rings. The van der Waals surface area contributed by atoms with Gasteiger partial charge in [-0.15, -0.1) is 10.2 Å². The summed E-state index contributed by atoms with van der Waals surface area (Å²) in [4.78, 5) is 0. The molecule has 0 spiro atoms. The van der Waals surface area contributed by atoms with Gasteiger partial charge in [0.1, 0.15) is 11.6 Å². The minimum absolute atomic E-state index is 0.414. The van der Waals surface area contributed by atoms with Crippen molar-refractivity contribution in [1.29, 1.82) is 0 Å². The molecule has 92 valence electrons. The quantitative estimate of drug-likeness (QED) is 0.756. The molecule has 0 radical (unpaired) electrons. The molecule has 0 bridgehead atoms. The first kappa shape index (κ1) is 13.6. The number of nitrogens with zero attached hydrogens (tertiary/aromatic N) is 3. The van der Waals surface area contributed by atoms with Crippen LogP contribution in [-0.4, -0.2) is 28.5 Å². The number of ether oxygens (including phenoxy) is 1. The third-order valence-electron chi connectivity index (χ3n) is 2.90. The third-order valence-corrected chi connectivity index (χ3v) is 3.40. The van der Waals surface area contributed by atoms with Gasteiger partial charge in [-0.1, -0.05) is 36.7 Å². The summed E-state index contributed by atoms with van der Waals surface area (Å²) in [6, 6.07) is 0. The highest BCUT2D eigenvalue weighted by molar-refractivity contribution is 9.08. The second-order valence-corrected chi connectivity index (χ2v) is 4.85. The lowest BCUT2D eigenvalue weighted by atomic mass is 9.97. The smallest absolute Gasteiger partial charge is 0.143 e. The maximum Gasteiger partial charge on any atom is 0.143 e. The number of methoxy groups -OCH3 is 1. The fourth-order valence-corrected chi connectivity index (χ4v) is 1.92. The van der Waals surface area contributed by atoms with Crippen LogP contribution in [0.5, 0.6) is 0 Å². The largest absolute Gasteiger partial charge is 0.383 e. The van der Waals surface area contributed by atoms with Crippen LogP contribution in [0.25, 0.3) is 0 Å². The summed E-state index contributed by atoms with van der Waals surface area (Å²) in [5.74, 6) is 3.01. The maximum absolute atomic E-state index is 5.12. The summed E-state index contributed by atoms with van der Waals surface area (Å²) in [6.07, 6.45) is 0. The van der Waals surface area contributed by atoms with Crippen LogP contribution >= 0.6 is 15.9 Å². The average molecular weight is 290 g/mol. The molecule has 5 heteroatoms. The summed E-state index contributed by atoms with van der Waals surface area (Å²) in [6.45, 7) is 8.10. The van der Waals surface area contributed by atoms with Gasteiger partial charge < -0.3 is 9.30 Å². The Balaban J connectivity index is 2.94. The fraction of sp³-hybridized carbons (Fsp3) is 0.818. The van der Waals surface area contributed by atoms with Crippen molar-refractivity contribution in [2.75, 3.05) is 13.7 Å². The summed E-state index contributed by atoms with van der Waals surface area (Å²) in [5.41, 5.74) is 0. The Kier molecular flexibility index (Phi) is 5.41. The molecule has 0 N–H and O–H groups in total. The summed E-state index contributed by atoms with van der Waals surface area (Å²) < 4.78 is 7.27. The van der Waals surface area contributed by atoms with Gasteiger partial charge in [0.2, 0.25) is 0 Å². The van der Waals surface area contributed by atoms with E-state index < -0.39 is 0 Å². The van der Waals surface area contributed by atoms with Crippen molar-refractivity contribution in [1.82, 2.24) is 14.8 Å². The van der Waals surface area contributed by atoms with Crippen LogP contribution in [-0.2, 0) is 16.6 Å². The molecule has 0 fully saturated rings. The van der Waals surface area contributed by atoms with Gasteiger partial charge in [-0.25, -0.2) is 0 Å². The van der Waals surface area contributed by atoms with E-state index >= 15 is 0 Å². The van der Waals surface area contributed by atoms with E-state index in [0.29, 0.717) is 18.4 Å². The Bertz CT molecular complexity index is 325. The standard InChI is InChI=1S/C11H20BrN3O/c1-8(2)9(3)11-14-13-10(7-12)15(11)5-6-16-4/h8-9H,5-7H2,1-4H3. The minimum atomic E-state index is 0.414. The predicted molar refractivity (Wildman–Crippen MR) is 67.8 cm³/mol. The number of hydrogen-bond donors (Lipinski definition) is 0. The van der Waals surface area contributed by atoms with Gasteiger partial charge in [-0.05, 0) is 5.92 Å². The van der Waals surface area contributed by atoms with Crippen molar-refractivity contribution in [3.8, 4) is 0 Å². The molecule has 0 aromatic carbocycles. The zero-order valence-electron chi connectivity index (χ0n) is 10.4. The second-order valence-electron chi connectivity index (χ2n) is 4.29. The van der Waals surface area contributed by atoms with Crippen LogP contribution in [0.15, 0.2) is 0 Å². The summed E-state index contributed by atoms with van der Waals surface area (Å²) in [5, 5.41) is 9.22. The number of halogens is 1. The maximum atomic E-state index is 5.12. The van der Waals surface area contributed by atoms with Crippen LogP contribution in [0.4, 0.5) is 0 Å². The van der Waals surface area contributed by atoms with Gasteiger partial charge in [-0.2, -0.15) is 0 Å². The van der Waals surface area contributed by atoms with Crippen molar-refractivity contribution < 1.29 is 4.74 Å². The van der Waals surface area contributed by atoms with Crippen molar-refractivity contribution in [3.05, 3.63) is 11.6 Å². The third kappa shape index (κ3) is 3.04. The zero-order valence-corrected chi connectivity index (χ0v) is 12.0. The first-order chi connectivity index (χ1) is 7.61. The lowest BCUT2D eigenvalue weighted by Crippen LogP contribution is -2.15. The summed E-state index contributed by atoms with van der Waals surface area (Å²) >= 11 is 3.44. The SMILES string of the molecule is COCCn1c(CBr)nnc1C(C)C(C)C. The number of aromatic nitrogens is 3. The molecule has 4 nitrogen and oxygen atoms in total. The van der Waals surface area contributed by atoms with E-state index in [1.807, 2.05) is 0 Å². The zero-order chi connectivity index (χ0) is 12.1. The van der Waals surface area contributed by atoms with Gasteiger partial charge >= 0.3 is 0 Å². The Hall–Kier alpha value is -0.420. The topological polar surface area (TPSA) is 39.9 Å². The monoisotopic (exact) mass is 289 g/mol. The van der Waals surface area contributed by atoms with Gasteiger partial charge in [-0.3, -0.25) is 0 Å². The van der Waals surface area contributed by atoms with E-state index in [2.05, 4.69) is 51.5 Å². The van der Waals surface area contributed by atoms with Crippen molar-refractivity contribution in [3.63, 3.8) is 0 Å². The van der Waals surface area contributed by atoms with Crippen molar-refractivity contribution >= 4 is 15.9 Å². The Morgan fingerprint density at radius 1 is 1.31 bits per heavy atom. The van der Waals surface area contributed by atoms with Gasteiger partial charge in [0.25, 0.3) is 0 Å². The molecule has 0 saturated heterocycles. The first-order valence-electron chi connectivity index (χ1n) is 5.58. The van der Waals surface area contributed by atoms with Crippen LogP contribution < -0.4 is 0 Å². The molecule has 1 heterocycles. The predicted octanol–water partition coefficient (Wildman–Crippen LogP) is 2.58. The number of rotatable bonds is 6. The molecule has 1 rings (SSSR count). The first-order valence-corrected chi connectivity index (χ1v) is 6.70. The van der Waals surface area contributed by atoms with E-state index in [4.69, 9.17) is 4.74 Å². The molecular weight excluding hydrogens is 270 g/mol. The molecule has 0 amide bonds. The van der Waals surface area contributed by atoms with Crippen LogP contribution in [0.2, 0.25) is 0 Å². The second kappa shape index (κ2) is 6.35. The van der Waals surface area contributed by atoms with Crippen molar-refractivity contribution in [2.45, 2.75) is 38.6 Å². The molecule has 0 saturated carbocycles. The Morgan fingerprint density at radius 3 is 2.50 bits per heavy atom. The van der Waals surface area contributed by atoms with Gasteiger partial charge in [0.05, 0.1) is 11.9 Å². The van der Waals surface area contributed by atoms with Gasteiger partial charge in [0.15, 0.2) is 0 Å². The minimum Gasteiger partial charge on any atom is -0.383 e. The van der Waals surface area contributed by atoms with Crippen LogP contribution in [0.3, 0.4) is 0 Å². The Morgan fingerprint density at radius 2 is 2.00 bits per heavy atom. The van der Waals surface area contributed by atoms with Crippen LogP contribution in [0.1, 0.15) is 38.3 Å². The van der Waals surface area contributed by atoms with Crippen molar-refractivity contribution in [2.24, 2.45) is 5.92 Å². The van der Waals surface area contributed by atoms with E-state index in [1.165, 1.54) is 0 Å². The molecule has 0 aliphatic rings. The highest BCUT2D eigenvalue weighted by Crippen LogP contribution is 2.23. The average Bonchev–Trinajstić information content (AvgIpc) is 2.67. The number of hydrogen-bond acceptors (Lipinski definition) is 3. The Labute approximate surface area is 106 Å². The molecule has 16 heavy (non-hydrogen) atoms. The molecule has 1 atom stereocenters. The molecule has 1 unspecified atom stereocenters. The van der Waals surface area contributed by atoms with Crippen LogP contribution in [0, 0.1) is 5.92 Å². The van der Waals surface area contributed by atoms with E-state index in [-0.39, 0.29) is 0 Å².